The van der Waals surface area contributed by atoms with Gasteiger partial charge in [-0.3, -0.25) is 0 Å². The molecule has 0 saturated carbocycles. The van der Waals surface area contributed by atoms with Crippen molar-refractivity contribution in [2.75, 3.05) is 6.61 Å². The molecule has 4 rings (SSSR count). The molecule has 2 aromatic carbocycles. The lowest BCUT2D eigenvalue weighted by Gasteiger charge is -2.38. The highest BCUT2D eigenvalue weighted by Crippen LogP contribution is 2.50. The monoisotopic (exact) mass is 515 g/mol. The largest absolute Gasteiger partial charge is 0.480 e. The van der Waals surface area contributed by atoms with Gasteiger partial charge in [-0.2, -0.15) is 0 Å². The van der Waals surface area contributed by atoms with E-state index in [9.17, 15) is 8.60 Å². The standard InChI is InChI=1S/C22H24BrClFNO3S/c1-21(2,3)30(27)26-18(9-14-12-28-14)22(13-7-5-4-6-8-13)11-15-17(29-22)10-16(25)20(24)19(15)23/h4-8,10,14,18,26H,9,11-12H2,1-3H3/t14?,18?,22-,30+/m0/s1. The zero-order valence-electron chi connectivity index (χ0n) is 17.0. The number of epoxide rings is 1. The van der Waals surface area contributed by atoms with Crippen LogP contribution in [-0.2, 0) is 27.7 Å². The quantitative estimate of drug-likeness (QED) is 0.420. The summed E-state index contributed by atoms with van der Waals surface area (Å²) in [5, 5.41) is 0.0366. The van der Waals surface area contributed by atoms with Crippen LogP contribution >= 0.6 is 27.5 Å². The van der Waals surface area contributed by atoms with Gasteiger partial charge in [0.25, 0.3) is 0 Å². The van der Waals surface area contributed by atoms with Gasteiger partial charge >= 0.3 is 0 Å². The predicted octanol–water partition coefficient (Wildman–Crippen LogP) is 5.28. The Hall–Kier alpha value is -0.990. The van der Waals surface area contributed by atoms with Crippen molar-refractivity contribution >= 4 is 38.5 Å². The summed E-state index contributed by atoms with van der Waals surface area (Å²) in [6, 6.07) is 10.8. The number of rotatable bonds is 6. The van der Waals surface area contributed by atoms with Crippen molar-refractivity contribution in [2.24, 2.45) is 0 Å². The molecule has 2 aliphatic rings. The summed E-state index contributed by atoms with van der Waals surface area (Å²) in [4.78, 5) is 0. The zero-order chi connectivity index (χ0) is 21.7. The number of hydrogen-bond acceptors (Lipinski definition) is 3. The molecule has 0 aliphatic carbocycles. The highest BCUT2D eigenvalue weighted by Gasteiger charge is 2.51. The molecule has 0 aromatic heterocycles. The third-order valence-electron chi connectivity index (χ3n) is 5.49. The SMILES string of the molecule is CC(C)(C)[S@@](=O)NC(CC1CO1)[C@@]1(c2ccccc2)Cc2c(cc(F)c(Cl)c2Br)O1. The number of ether oxygens (including phenoxy) is 2. The number of benzene rings is 2. The number of halogens is 3. The van der Waals surface area contributed by atoms with Crippen LogP contribution in [0.1, 0.15) is 38.3 Å². The molecule has 1 N–H and O–H groups in total. The van der Waals surface area contributed by atoms with E-state index in [-0.39, 0.29) is 17.2 Å². The zero-order valence-corrected chi connectivity index (χ0v) is 20.2. The van der Waals surface area contributed by atoms with Crippen molar-refractivity contribution in [3.8, 4) is 5.75 Å². The van der Waals surface area contributed by atoms with E-state index in [0.717, 1.165) is 11.1 Å². The molecule has 2 aromatic rings. The van der Waals surface area contributed by atoms with Gasteiger partial charge < -0.3 is 9.47 Å². The van der Waals surface area contributed by atoms with E-state index in [0.29, 0.717) is 29.7 Å². The molecular weight excluding hydrogens is 493 g/mol. The maximum atomic E-state index is 14.4. The molecule has 0 radical (unpaired) electrons. The van der Waals surface area contributed by atoms with Gasteiger partial charge in [0, 0.05) is 22.5 Å². The fourth-order valence-electron chi connectivity index (χ4n) is 3.75. The van der Waals surface area contributed by atoms with Crippen LogP contribution in [0.15, 0.2) is 40.9 Å². The molecule has 30 heavy (non-hydrogen) atoms. The molecule has 0 bridgehead atoms. The number of hydrogen-bond donors (Lipinski definition) is 1. The molecule has 2 heterocycles. The Morgan fingerprint density at radius 3 is 2.63 bits per heavy atom. The molecule has 0 amide bonds. The van der Waals surface area contributed by atoms with E-state index in [2.05, 4.69) is 20.7 Å². The smallest absolute Gasteiger partial charge is 0.154 e. The molecule has 8 heteroatoms. The van der Waals surface area contributed by atoms with Crippen LogP contribution in [0.3, 0.4) is 0 Å². The maximum absolute atomic E-state index is 14.4. The van der Waals surface area contributed by atoms with Crippen LogP contribution in [0, 0.1) is 5.82 Å². The first kappa shape index (κ1) is 22.2. The molecule has 1 saturated heterocycles. The minimum Gasteiger partial charge on any atom is -0.480 e. The van der Waals surface area contributed by atoms with Crippen molar-refractivity contribution in [3.05, 3.63) is 62.8 Å². The minimum absolute atomic E-state index is 0.0366. The van der Waals surface area contributed by atoms with E-state index in [1.54, 1.807) is 0 Å². The lowest BCUT2D eigenvalue weighted by molar-refractivity contribution is 0.0490. The van der Waals surface area contributed by atoms with Crippen molar-refractivity contribution < 1.29 is 18.1 Å². The highest BCUT2D eigenvalue weighted by molar-refractivity contribution is 9.10. The van der Waals surface area contributed by atoms with Crippen molar-refractivity contribution in [1.29, 1.82) is 0 Å². The second kappa shape index (κ2) is 8.17. The summed E-state index contributed by atoms with van der Waals surface area (Å²) < 4.78 is 42.8. The molecule has 162 valence electrons. The molecule has 1 fully saturated rings. The Kier molecular flexibility index (Phi) is 6.05. The Morgan fingerprint density at radius 1 is 1.37 bits per heavy atom. The van der Waals surface area contributed by atoms with Gasteiger partial charge in [0.15, 0.2) is 5.60 Å². The van der Waals surface area contributed by atoms with Crippen LogP contribution < -0.4 is 9.46 Å². The topological polar surface area (TPSA) is 50.9 Å². The Balaban J connectivity index is 1.81. The first-order chi connectivity index (χ1) is 14.1. The van der Waals surface area contributed by atoms with Crippen molar-refractivity contribution in [3.63, 3.8) is 0 Å². The van der Waals surface area contributed by atoms with Gasteiger partial charge in [0.2, 0.25) is 0 Å². The highest BCUT2D eigenvalue weighted by atomic mass is 79.9. The molecule has 4 atom stereocenters. The van der Waals surface area contributed by atoms with Crippen LogP contribution in [0.4, 0.5) is 4.39 Å². The lowest BCUT2D eigenvalue weighted by atomic mass is 9.81. The average Bonchev–Trinajstić information content (AvgIpc) is 3.43. The van der Waals surface area contributed by atoms with E-state index >= 15 is 0 Å². The fourth-order valence-corrected chi connectivity index (χ4v) is 5.34. The summed E-state index contributed by atoms with van der Waals surface area (Å²) in [5.74, 6) is -0.0999. The second-order valence-corrected chi connectivity index (χ2v) is 11.9. The van der Waals surface area contributed by atoms with Crippen LogP contribution in [0.25, 0.3) is 0 Å². The third-order valence-corrected chi connectivity index (χ3v) is 8.57. The van der Waals surface area contributed by atoms with Gasteiger partial charge in [-0.1, -0.05) is 41.9 Å². The van der Waals surface area contributed by atoms with Gasteiger partial charge in [-0.05, 0) is 48.7 Å². The van der Waals surface area contributed by atoms with Gasteiger partial charge in [-0.25, -0.2) is 13.3 Å². The Morgan fingerprint density at radius 2 is 2.03 bits per heavy atom. The average molecular weight is 517 g/mol. The second-order valence-electron chi connectivity index (χ2n) is 8.74. The van der Waals surface area contributed by atoms with Crippen LogP contribution in [-0.4, -0.2) is 27.7 Å². The molecule has 0 spiro atoms. The van der Waals surface area contributed by atoms with Crippen LogP contribution in [0.5, 0.6) is 5.75 Å². The Labute approximate surface area is 192 Å². The normalized spacial score (nSPS) is 24.8. The summed E-state index contributed by atoms with van der Waals surface area (Å²) in [5.41, 5.74) is 0.847. The number of fused-ring (bicyclic) bond motifs is 1. The van der Waals surface area contributed by atoms with E-state index < -0.39 is 27.2 Å². The van der Waals surface area contributed by atoms with Gasteiger partial charge in [0.1, 0.15) is 11.6 Å². The predicted molar refractivity (Wildman–Crippen MR) is 121 cm³/mol. The van der Waals surface area contributed by atoms with Crippen LogP contribution in [0.2, 0.25) is 5.02 Å². The minimum atomic E-state index is -1.33. The molecule has 4 nitrogen and oxygen atoms in total. The van der Waals surface area contributed by atoms with Crippen molar-refractivity contribution in [1.82, 2.24) is 4.72 Å². The number of nitrogens with one attached hydrogen (secondary N) is 1. The van der Waals surface area contributed by atoms with E-state index in [1.807, 2.05) is 51.1 Å². The molecular formula is C22H24BrClFNO3S. The summed E-state index contributed by atoms with van der Waals surface area (Å²) >= 11 is 9.60. The first-order valence-corrected chi connectivity index (χ1v) is 12.1. The van der Waals surface area contributed by atoms with Crippen molar-refractivity contribution in [2.45, 2.75) is 56.1 Å². The molecule has 2 unspecified atom stereocenters. The van der Waals surface area contributed by atoms with Gasteiger partial charge in [0.05, 0.1) is 39.5 Å². The fraction of sp³-hybridized carbons (Fsp3) is 0.455. The van der Waals surface area contributed by atoms with E-state index in [1.165, 1.54) is 6.07 Å². The van der Waals surface area contributed by atoms with E-state index in [4.69, 9.17) is 21.1 Å². The van der Waals surface area contributed by atoms with Gasteiger partial charge in [-0.15, -0.1) is 0 Å². The summed E-state index contributed by atoms with van der Waals surface area (Å²) in [6.45, 7) is 6.44. The Bertz CT molecular complexity index is 981. The summed E-state index contributed by atoms with van der Waals surface area (Å²) in [7, 11) is -1.33. The third kappa shape index (κ3) is 4.19. The molecule has 2 aliphatic heterocycles. The summed E-state index contributed by atoms with van der Waals surface area (Å²) in [6.07, 6.45) is 1.16. The first-order valence-electron chi connectivity index (χ1n) is 9.82. The maximum Gasteiger partial charge on any atom is 0.154 e. The lowest BCUT2D eigenvalue weighted by Crippen LogP contribution is -2.55.